The quantitative estimate of drug-likeness (QED) is 0.627. The lowest BCUT2D eigenvalue weighted by Crippen LogP contribution is -2.15. The van der Waals surface area contributed by atoms with Crippen molar-refractivity contribution in [3.63, 3.8) is 0 Å². The summed E-state index contributed by atoms with van der Waals surface area (Å²) in [6.45, 7) is 15.5. The van der Waals surface area contributed by atoms with Crippen LogP contribution < -0.4 is 0 Å². The average Bonchev–Trinajstić information content (AvgIpc) is 2.78. The molecule has 0 fully saturated rings. The third-order valence-corrected chi connectivity index (χ3v) is 4.17. The van der Waals surface area contributed by atoms with Crippen molar-refractivity contribution >= 4 is 16.6 Å². The molecule has 0 unspecified atom stereocenters. The van der Waals surface area contributed by atoms with Crippen LogP contribution in [0.25, 0.3) is 16.6 Å². The van der Waals surface area contributed by atoms with E-state index in [1.165, 1.54) is 11.4 Å². The third kappa shape index (κ3) is 2.97. The fraction of sp³-hybridized carbons (Fsp3) is 0.500. The summed E-state index contributed by atoms with van der Waals surface area (Å²) in [6, 6.07) is 6.55. The lowest BCUT2D eigenvalue weighted by atomic mass is 9.89. The molecule has 0 N–H and O–H groups in total. The van der Waals surface area contributed by atoms with E-state index in [4.69, 9.17) is 4.98 Å². The van der Waals surface area contributed by atoms with Gasteiger partial charge in [0.15, 0.2) is 0 Å². The molecule has 0 radical (unpaired) electrons. The van der Waals surface area contributed by atoms with E-state index in [2.05, 4.69) is 76.0 Å². The zero-order chi connectivity index (χ0) is 17.0. The van der Waals surface area contributed by atoms with E-state index in [-0.39, 0.29) is 10.8 Å². The van der Waals surface area contributed by atoms with Crippen molar-refractivity contribution in [1.82, 2.24) is 14.4 Å². The van der Waals surface area contributed by atoms with Gasteiger partial charge in [-0.3, -0.25) is 4.98 Å². The fourth-order valence-corrected chi connectivity index (χ4v) is 3.08. The molecule has 3 aromatic rings. The van der Waals surface area contributed by atoms with Crippen molar-refractivity contribution < 1.29 is 0 Å². The molecule has 0 saturated heterocycles. The maximum Gasteiger partial charge on any atom is 0.146 e. The number of imidazole rings is 1. The molecule has 3 heterocycles. The first-order valence-corrected chi connectivity index (χ1v) is 8.33. The number of nitrogens with zero attached hydrogens (tertiary/aromatic N) is 3. The molecule has 122 valence electrons. The van der Waals surface area contributed by atoms with Gasteiger partial charge in [0.2, 0.25) is 0 Å². The van der Waals surface area contributed by atoms with E-state index >= 15 is 0 Å². The van der Waals surface area contributed by atoms with E-state index in [0.29, 0.717) is 0 Å². The summed E-state index contributed by atoms with van der Waals surface area (Å²) in [5.74, 6) is 0. The van der Waals surface area contributed by atoms with Gasteiger partial charge in [0.05, 0.1) is 5.52 Å². The van der Waals surface area contributed by atoms with Crippen LogP contribution in [0.5, 0.6) is 0 Å². The smallest absolute Gasteiger partial charge is 0.146 e. The van der Waals surface area contributed by atoms with Gasteiger partial charge in [0.1, 0.15) is 5.65 Å². The Morgan fingerprint density at radius 2 is 1.74 bits per heavy atom. The van der Waals surface area contributed by atoms with Crippen LogP contribution in [0.1, 0.15) is 58.6 Å². The van der Waals surface area contributed by atoms with Gasteiger partial charge < -0.3 is 4.40 Å². The maximum atomic E-state index is 4.94. The zero-order valence-electron chi connectivity index (χ0n) is 15.4. The normalized spacial score (nSPS) is 13.2. The summed E-state index contributed by atoms with van der Waals surface area (Å²) in [5.41, 5.74) is 5.94. The highest BCUT2D eigenvalue weighted by atomic mass is 15.0. The van der Waals surface area contributed by atoms with Gasteiger partial charge in [-0.1, -0.05) is 41.5 Å². The monoisotopic (exact) mass is 309 g/mol. The molecular formula is C20H27N3. The van der Waals surface area contributed by atoms with E-state index in [0.717, 1.165) is 28.7 Å². The van der Waals surface area contributed by atoms with E-state index in [9.17, 15) is 0 Å². The molecule has 0 bridgehead atoms. The van der Waals surface area contributed by atoms with Crippen molar-refractivity contribution in [2.45, 2.75) is 60.3 Å². The third-order valence-electron chi connectivity index (χ3n) is 4.17. The molecule has 0 aliphatic heterocycles. The van der Waals surface area contributed by atoms with Crippen molar-refractivity contribution in [1.29, 1.82) is 0 Å². The molecule has 0 aliphatic rings. The lowest BCUT2D eigenvalue weighted by Gasteiger charge is -2.21. The number of fused-ring (bicyclic) bond motifs is 3. The summed E-state index contributed by atoms with van der Waals surface area (Å²) in [4.78, 5) is 9.60. The number of aryl methyl sites for hydroxylation is 1. The number of hydrogen-bond acceptors (Lipinski definition) is 2. The Bertz CT molecular complexity index is 874. The topological polar surface area (TPSA) is 30.2 Å². The molecule has 0 aromatic carbocycles. The second kappa shape index (κ2) is 5.05. The Balaban J connectivity index is 2.33. The van der Waals surface area contributed by atoms with Crippen molar-refractivity contribution in [3.05, 3.63) is 41.5 Å². The van der Waals surface area contributed by atoms with Gasteiger partial charge >= 0.3 is 0 Å². The molecule has 0 atom stereocenters. The van der Waals surface area contributed by atoms with Crippen LogP contribution in [-0.2, 0) is 11.8 Å². The van der Waals surface area contributed by atoms with Gasteiger partial charge in [0.25, 0.3) is 0 Å². The molecule has 3 aromatic heterocycles. The summed E-state index contributed by atoms with van der Waals surface area (Å²) < 4.78 is 2.28. The Kier molecular flexibility index (Phi) is 3.51. The molecule has 3 heteroatoms. The number of hydrogen-bond donors (Lipinski definition) is 0. The maximum absolute atomic E-state index is 4.94. The van der Waals surface area contributed by atoms with Gasteiger partial charge in [-0.2, -0.15) is 0 Å². The molecule has 23 heavy (non-hydrogen) atoms. The molecule has 0 spiro atoms. The van der Waals surface area contributed by atoms with Crippen LogP contribution >= 0.6 is 0 Å². The minimum atomic E-state index is 0.0514. The average molecular weight is 309 g/mol. The second-order valence-corrected chi connectivity index (χ2v) is 8.81. The number of aromatic nitrogens is 3. The predicted molar refractivity (Wildman–Crippen MR) is 97.1 cm³/mol. The van der Waals surface area contributed by atoms with Crippen LogP contribution in [0.3, 0.4) is 0 Å². The number of rotatable bonds is 1. The zero-order valence-corrected chi connectivity index (χ0v) is 15.4. The molecular weight excluding hydrogens is 282 g/mol. The van der Waals surface area contributed by atoms with E-state index in [1.807, 2.05) is 6.20 Å². The van der Waals surface area contributed by atoms with Gasteiger partial charge in [-0.05, 0) is 37.0 Å². The first kappa shape index (κ1) is 16.0. The largest absolute Gasteiger partial charge is 0.301 e. The molecule has 0 amide bonds. The SMILES string of the molecule is Cc1cnc2c3ccc(C(C)(C)C)nc3cc(CC(C)(C)C)n12. The van der Waals surface area contributed by atoms with Gasteiger partial charge in [-0.15, -0.1) is 0 Å². The van der Waals surface area contributed by atoms with Crippen LogP contribution in [0.2, 0.25) is 0 Å². The van der Waals surface area contributed by atoms with Gasteiger partial charge in [-0.25, -0.2) is 4.98 Å². The highest BCUT2D eigenvalue weighted by molar-refractivity contribution is 5.92. The molecule has 0 saturated carbocycles. The highest BCUT2D eigenvalue weighted by Gasteiger charge is 2.20. The van der Waals surface area contributed by atoms with Crippen LogP contribution in [0.15, 0.2) is 24.4 Å². The Morgan fingerprint density at radius 1 is 1.04 bits per heavy atom. The minimum absolute atomic E-state index is 0.0514. The Hall–Kier alpha value is -1.90. The van der Waals surface area contributed by atoms with Crippen LogP contribution in [0.4, 0.5) is 0 Å². The molecule has 3 rings (SSSR count). The highest BCUT2D eigenvalue weighted by Crippen LogP contribution is 2.29. The summed E-state index contributed by atoms with van der Waals surface area (Å²) in [6.07, 6.45) is 2.96. The number of pyridine rings is 2. The summed E-state index contributed by atoms with van der Waals surface area (Å²) >= 11 is 0. The summed E-state index contributed by atoms with van der Waals surface area (Å²) in [7, 11) is 0. The van der Waals surface area contributed by atoms with Gasteiger partial charge in [0, 0.05) is 34.1 Å². The standard InChI is InChI=1S/C20H27N3/c1-13-12-21-18-15-8-9-17(20(5,6)7)22-16(15)10-14(23(13)18)11-19(2,3)4/h8-10,12H,11H2,1-7H3. The Labute approximate surface area is 138 Å². The van der Waals surface area contributed by atoms with Crippen molar-refractivity contribution in [3.8, 4) is 0 Å². The minimum Gasteiger partial charge on any atom is -0.301 e. The first-order chi connectivity index (χ1) is 10.6. The van der Waals surface area contributed by atoms with E-state index < -0.39 is 0 Å². The first-order valence-electron chi connectivity index (χ1n) is 8.33. The Morgan fingerprint density at radius 3 is 2.35 bits per heavy atom. The van der Waals surface area contributed by atoms with E-state index in [1.54, 1.807) is 0 Å². The van der Waals surface area contributed by atoms with Crippen molar-refractivity contribution in [2.75, 3.05) is 0 Å². The molecule has 3 nitrogen and oxygen atoms in total. The second-order valence-electron chi connectivity index (χ2n) is 8.81. The van der Waals surface area contributed by atoms with Crippen molar-refractivity contribution in [2.24, 2.45) is 5.41 Å². The predicted octanol–water partition coefficient (Wildman–Crippen LogP) is 5.08. The summed E-state index contributed by atoms with van der Waals surface area (Å²) in [5, 5.41) is 1.13. The van der Waals surface area contributed by atoms with Crippen LogP contribution in [-0.4, -0.2) is 14.4 Å². The lowest BCUT2D eigenvalue weighted by molar-refractivity contribution is 0.404. The van der Waals surface area contributed by atoms with Crippen LogP contribution in [0, 0.1) is 12.3 Å². The molecule has 0 aliphatic carbocycles. The fourth-order valence-electron chi connectivity index (χ4n) is 3.08.